The van der Waals surface area contributed by atoms with Gasteiger partial charge in [0, 0.05) is 12.7 Å². The lowest BCUT2D eigenvalue weighted by atomic mass is 10.1. The Morgan fingerprint density at radius 2 is 1.58 bits per heavy atom. The zero-order chi connectivity index (χ0) is 14.9. The molecule has 0 fully saturated rings. The summed E-state index contributed by atoms with van der Waals surface area (Å²) in [5.41, 5.74) is 0. The van der Waals surface area contributed by atoms with Gasteiger partial charge in [0.05, 0.1) is 0 Å². The van der Waals surface area contributed by atoms with Gasteiger partial charge in [-0.1, -0.05) is 59.8 Å². The first-order valence-corrected chi connectivity index (χ1v) is 10.9. The lowest BCUT2D eigenvalue weighted by Gasteiger charge is -2.39. The predicted octanol–water partition coefficient (Wildman–Crippen LogP) is 5.12. The molecule has 0 rings (SSSR count). The van der Waals surface area contributed by atoms with Gasteiger partial charge in [-0.25, -0.2) is 0 Å². The van der Waals surface area contributed by atoms with Crippen molar-refractivity contribution in [2.24, 2.45) is 0 Å². The van der Waals surface area contributed by atoms with Crippen LogP contribution in [0.5, 0.6) is 0 Å². The van der Waals surface area contributed by atoms with Crippen LogP contribution in [0.1, 0.15) is 72.6 Å². The average molecular weight is 289 g/mol. The third-order valence-electron chi connectivity index (χ3n) is 4.35. The van der Waals surface area contributed by atoms with Crippen LogP contribution in [0, 0.1) is 0 Å². The third kappa shape index (κ3) is 8.11. The molecule has 0 aromatic rings. The summed E-state index contributed by atoms with van der Waals surface area (Å²) in [6.07, 6.45) is 8.66. The SMILES string of the molecule is CCCCCCC[C@H](CCO)O[Si](C)(C)C(C)(C)C. The minimum atomic E-state index is -1.69. The highest BCUT2D eigenvalue weighted by molar-refractivity contribution is 6.74. The van der Waals surface area contributed by atoms with Crippen LogP contribution in [-0.2, 0) is 4.43 Å². The van der Waals surface area contributed by atoms with Crippen LogP contribution in [0.15, 0.2) is 0 Å². The summed E-state index contributed by atoms with van der Waals surface area (Å²) < 4.78 is 6.43. The van der Waals surface area contributed by atoms with E-state index in [0.29, 0.717) is 0 Å². The van der Waals surface area contributed by atoms with Crippen LogP contribution < -0.4 is 0 Å². The van der Waals surface area contributed by atoms with E-state index in [1.54, 1.807) is 0 Å². The maximum absolute atomic E-state index is 9.21. The molecule has 19 heavy (non-hydrogen) atoms. The fourth-order valence-corrected chi connectivity index (χ4v) is 3.40. The summed E-state index contributed by atoms with van der Waals surface area (Å²) in [4.78, 5) is 0. The standard InChI is InChI=1S/C16H36O2Si/c1-7-8-9-10-11-12-15(13-14-17)18-19(5,6)16(2,3)4/h15,17H,7-14H2,1-6H3/t15-/m1/s1. The Morgan fingerprint density at radius 3 is 2.05 bits per heavy atom. The average Bonchev–Trinajstić information content (AvgIpc) is 2.27. The minimum absolute atomic E-state index is 0.244. The van der Waals surface area contributed by atoms with Gasteiger partial charge in [0.1, 0.15) is 0 Å². The molecule has 3 heteroatoms. The molecule has 0 aromatic heterocycles. The van der Waals surface area contributed by atoms with Gasteiger partial charge in [-0.05, 0) is 31.0 Å². The van der Waals surface area contributed by atoms with E-state index in [2.05, 4.69) is 40.8 Å². The van der Waals surface area contributed by atoms with E-state index >= 15 is 0 Å². The number of unbranched alkanes of at least 4 members (excludes halogenated alkanes) is 4. The zero-order valence-corrected chi connectivity index (χ0v) is 15.1. The maximum Gasteiger partial charge on any atom is 0.192 e. The summed E-state index contributed by atoms with van der Waals surface area (Å²) in [5, 5.41) is 9.47. The Labute approximate surface area is 122 Å². The van der Waals surface area contributed by atoms with Crippen molar-refractivity contribution in [1.82, 2.24) is 0 Å². The summed E-state index contributed by atoms with van der Waals surface area (Å²) in [6.45, 7) is 13.9. The normalized spacial score (nSPS) is 14.7. The lowest BCUT2D eigenvalue weighted by Crippen LogP contribution is -2.44. The molecule has 1 N–H and O–H groups in total. The number of hydrogen-bond donors (Lipinski definition) is 1. The molecule has 116 valence electrons. The van der Waals surface area contributed by atoms with Crippen molar-refractivity contribution in [3.8, 4) is 0 Å². The van der Waals surface area contributed by atoms with Crippen molar-refractivity contribution in [2.75, 3.05) is 6.61 Å². The van der Waals surface area contributed by atoms with Crippen LogP contribution in [-0.4, -0.2) is 26.1 Å². The second-order valence-electron chi connectivity index (χ2n) is 7.22. The molecule has 0 aliphatic carbocycles. The van der Waals surface area contributed by atoms with Gasteiger partial charge in [0.25, 0.3) is 0 Å². The molecule has 2 nitrogen and oxygen atoms in total. The Bertz CT molecular complexity index is 221. The highest BCUT2D eigenvalue weighted by atomic mass is 28.4. The summed E-state index contributed by atoms with van der Waals surface area (Å²) in [6, 6.07) is 0. The quantitative estimate of drug-likeness (QED) is 0.446. The van der Waals surface area contributed by atoms with E-state index in [4.69, 9.17) is 4.43 Å². The molecular weight excluding hydrogens is 252 g/mol. The molecule has 0 saturated carbocycles. The van der Waals surface area contributed by atoms with Crippen molar-refractivity contribution in [2.45, 2.75) is 96.9 Å². The molecule has 0 amide bonds. The fraction of sp³-hybridized carbons (Fsp3) is 1.00. The molecule has 0 aromatic carbocycles. The minimum Gasteiger partial charge on any atom is -0.414 e. The second-order valence-corrected chi connectivity index (χ2v) is 12.0. The Kier molecular flexibility index (Phi) is 9.21. The van der Waals surface area contributed by atoms with E-state index in [0.717, 1.165) is 12.8 Å². The second kappa shape index (κ2) is 9.14. The Morgan fingerprint density at radius 1 is 1.00 bits per heavy atom. The van der Waals surface area contributed by atoms with E-state index in [1.807, 2.05) is 0 Å². The van der Waals surface area contributed by atoms with E-state index in [9.17, 15) is 5.11 Å². The van der Waals surface area contributed by atoms with Gasteiger partial charge in [0.15, 0.2) is 8.32 Å². The van der Waals surface area contributed by atoms with Crippen molar-refractivity contribution in [3.05, 3.63) is 0 Å². The van der Waals surface area contributed by atoms with Crippen molar-refractivity contribution >= 4 is 8.32 Å². The summed E-state index contributed by atoms with van der Waals surface area (Å²) in [5.74, 6) is 0. The molecule has 0 aliphatic heterocycles. The first-order valence-electron chi connectivity index (χ1n) is 8.03. The molecule has 0 spiro atoms. The van der Waals surface area contributed by atoms with E-state index in [-0.39, 0.29) is 17.7 Å². The lowest BCUT2D eigenvalue weighted by molar-refractivity contribution is 0.129. The van der Waals surface area contributed by atoms with Gasteiger partial charge in [-0.2, -0.15) is 0 Å². The van der Waals surface area contributed by atoms with Crippen LogP contribution in [0.4, 0.5) is 0 Å². The van der Waals surface area contributed by atoms with Gasteiger partial charge in [0.2, 0.25) is 0 Å². The molecule has 0 aliphatic rings. The molecule has 0 unspecified atom stereocenters. The van der Waals surface area contributed by atoms with Crippen LogP contribution in [0.2, 0.25) is 18.1 Å². The highest BCUT2D eigenvalue weighted by Crippen LogP contribution is 2.38. The van der Waals surface area contributed by atoms with E-state index < -0.39 is 8.32 Å². The van der Waals surface area contributed by atoms with Gasteiger partial charge >= 0.3 is 0 Å². The number of aliphatic hydroxyl groups excluding tert-OH is 1. The molecule has 0 bridgehead atoms. The highest BCUT2D eigenvalue weighted by Gasteiger charge is 2.38. The fourth-order valence-electron chi connectivity index (χ4n) is 1.98. The first kappa shape index (κ1) is 19.1. The number of aliphatic hydroxyl groups is 1. The van der Waals surface area contributed by atoms with Gasteiger partial charge in [-0.3, -0.25) is 0 Å². The summed E-state index contributed by atoms with van der Waals surface area (Å²) >= 11 is 0. The van der Waals surface area contributed by atoms with Crippen molar-refractivity contribution < 1.29 is 9.53 Å². The smallest absolute Gasteiger partial charge is 0.192 e. The van der Waals surface area contributed by atoms with Crippen LogP contribution in [0.3, 0.4) is 0 Å². The monoisotopic (exact) mass is 288 g/mol. The van der Waals surface area contributed by atoms with Crippen molar-refractivity contribution in [3.63, 3.8) is 0 Å². The van der Waals surface area contributed by atoms with Crippen molar-refractivity contribution in [1.29, 1.82) is 0 Å². The molecular formula is C16H36O2Si. The summed E-state index contributed by atoms with van der Waals surface area (Å²) in [7, 11) is -1.69. The maximum atomic E-state index is 9.21. The van der Waals surface area contributed by atoms with E-state index in [1.165, 1.54) is 32.1 Å². The third-order valence-corrected chi connectivity index (χ3v) is 8.88. The largest absolute Gasteiger partial charge is 0.414 e. The van der Waals surface area contributed by atoms with Gasteiger partial charge < -0.3 is 9.53 Å². The first-order chi connectivity index (χ1) is 8.74. The molecule has 0 heterocycles. The van der Waals surface area contributed by atoms with Crippen LogP contribution in [0.25, 0.3) is 0 Å². The molecule has 1 atom stereocenters. The van der Waals surface area contributed by atoms with Crippen LogP contribution >= 0.6 is 0 Å². The molecule has 0 radical (unpaired) electrons. The number of rotatable bonds is 10. The Balaban J connectivity index is 4.18. The molecule has 0 saturated heterocycles. The van der Waals surface area contributed by atoms with Gasteiger partial charge in [-0.15, -0.1) is 0 Å². The Hall–Kier alpha value is 0.137. The zero-order valence-electron chi connectivity index (χ0n) is 14.1. The number of hydrogen-bond acceptors (Lipinski definition) is 2. The predicted molar refractivity (Wildman–Crippen MR) is 87.1 cm³/mol. The topological polar surface area (TPSA) is 29.5 Å².